The molecule has 0 aliphatic rings. The van der Waals surface area contributed by atoms with Crippen molar-refractivity contribution in [2.45, 2.75) is 45.6 Å². The summed E-state index contributed by atoms with van der Waals surface area (Å²) in [6, 6.07) is 10.3. The van der Waals surface area contributed by atoms with E-state index in [9.17, 15) is 4.79 Å². The first-order chi connectivity index (χ1) is 10.6. The van der Waals surface area contributed by atoms with Crippen LogP contribution < -0.4 is 10.6 Å². The average Bonchev–Trinajstić information content (AvgIpc) is 2.46. The SMILES string of the molecule is CN=C(NCC(=O)OC(C)(C)C)NCC(C)(C)c1ccccc1. The van der Waals surface area contributed by atoms with Crippen molar-refractivity contribution in [1.29, 1.82) is 0 Å². The highest BCUT2D eigenvalue weighted by Gasteiger charge is 2.21. The molecule has 0 aliphatic heterocycles. The van der Waals surface area contributed by atoms with Gasteiger partial charge in [-0.05, 0) is 26.3 Å². The summed E-state index contributed by atoms with van der Waals surface area (Å²) in [5.41, 5.74) is 0.714. The van der Waals surface area contributed by atoms with E-state index in [1.54, 1.807) is 7.05 Å². The van der Waals surface area contributed by atoms with Gasteiger partial charge in [-0.2, -0.15) is 0 Å². The molecule has 0 spiro atoms. The lowest BCUT2D eigenvalue weighted by molar-refractivity contribution is -0.153. The number of esters is 1. The van der Waals surface area contributed by atoms with Gasteiger partial charge in [0.25, 0.3) is 0 Å². The Bertz CT molecular complexity index is 531. The first kappa shape index (κ1) is 19.0. The van der Waals surface area contributed by atoms with Gasteiger partial charge in [-0.15, -0.1) is 0 Å². The van der Waals surface area contributed by atoms with Crippen LogP contribution >= 0.6 is 0 Å². The van der Waals surface area contributed by atoms with Gasteiger partial charge in [0.2, 0.25) is 0 Å². The van der Waals surface area contributed by atoms with E-state index in [1.165, 1.54) is 5.56 Å². The quantitative estimate of drug-likeness (QED) is 0.497. The normalized spacial score (nSPS) is 12.7. The molecule has 0 atom stereocenters. The Morgan fingerprint density at radius 3 is 2.22 bits per heavy atom. The molecule has 0 heterocycles. The molecular weight excluding hydrogens is 290 g/mol. The fourth-order valence-corrected chi connectivity index (χ4v) is 2.05. The van der Waals surface area contributed by atoms with E-state index in [-0.39, 0.29) is 17.9 Å². The number of carbonyl (C=O) groups excluding carboxylic acids is 1. The van der Waals surface area contributed by atoms with Crippen molar-refractivity contribution >= 4 is 11.9 Å². The third-order valence-electron chi connectivity index (χ3n) is 3.30. The molecule has 0 unspecified atom stereocenters. The van der Waals surface area contributed by atoms with E-state index < -0.39 is 5.60 Å². The molecule has 5 heteroatoms. The zero-order chi connectivity index (χ0) is 17.5. The van der Waals surface area contributed by atoms with Gasteiger partial charge in [-0.3, -0.25) is 9.79 Å². The fraction of sp³-hybridized carbons (Fsp3) is 0.556. The van der Waals surface area contributed by atoms with Crippen molar-refractivity contribution < 1.29 is 9.53 Å². The number of nitrogens with one attached hydrogen (secondary N) is 2. The molecule has 0 saturated heterocycles. The highest BCUT2D eigenvalue weighted by Crippen LogP contribution is 2.21. The molecule has 0 saturated carbocycles. The van der Waals surface area contributed by atoms with Gasteiger partial charge in [-0.25, -0.2) is 0 Å². The van der Waals surface area contributed by atoms with Crippen molar-refractivity contribution in [1.82, 2.24) is 10.6 Å². The third kappa shape index (κ3) is 7.17. The second-order valence-electron chi connectivity index (χ2n) is 7.12. The van der Waals surface area contributed by atoms with Crippen molar-refractivity contribution in [3.8, 4) is 0 Å². The number of hydrogen-bond donors (Lipinski definition) is 2. The molecule has 5 nitrogen and oxygen atoms in total. The zero-order valence-corrected chi connectivity index (χ0v) is 15.1. The van der Waals surface area contributed by atoms with Crippen molar-refractivity contribution in [3.05, 3.63) is 35.9 Å². The van der Waals surface area contributed by atoms with Crippen molar-refractivity contribution in [2.24, 2.45) is 4.99 Å². The lowest BCUT2D eigenvalue weighted by Crippen LogP contribution is -2.45. The Morgan fingerprint density at radius 2 is 1.70 bits per heavy atom. The van der Waals surface area contributed by atoms with Gasteiger partial charge in [0, 0.05) is 19.0 Å². The molecule has 0 fully saturated rings. The zero-order valence-electron chi connectivity index (χ0n) is 15.1. The Morgan fingerprint density at radius 1 is 1.09 bits per heavy atom. The Hall–Kier alpha value is -2.04. The smallest absolute Gasteiger partial charge is 0.325 e. The Balaban J connectivity index is 2.50. The predicted molar refractivity (Wildman–Crippen MR) is 94.7 cm³/mol. The number of nitrogens with zero attached hydrogens (tertiary/aromatic N) is 1. The fourth-order valence-electron chi connectivity index (χ4n) is 2.05. The van der Waals surface area contributed by atoms with Gasteiger partial charge in [0.05, 0.1) is 0 Å². The molecule has 0 radical (unpaired) electrons. The minimum Gasteiger partial charge on any atom is -0.459 e. The molecule has 2 N–H and O–H groups in total. The number of rotatable bonds is 5. The number of hydrogen-bond acceptors (Lipinski definition) is 3. The van der Waals surface area contributed by atoms with Crippen LogP contribution in [0.15, 0.2) is 35.3 Å². The van der Waals surface area contributed by atoms with E-state index in [2.05, 4.69) is 41.6 Å². The average molecular weight is 319 g/mol. The van der Waals surface area contributed by atoms with Crippen LogP contribution in [-0.2, 0) is 14.9 Å². The standard InChI is InChI=1S/C18H29N3O2/c1-17(2,3)23-15(22)12-20-16(19-6)21-13-18(4,5)14-10-8-7-9-11-14/h7-11H,12-13H2,1-6H3,(H2,19,20,21). The minimum atomic E-state index is -0.481. The number of guanidine groups is 1. The molecular formula is C18H29N3O2. The van der Waals surface area contributed by atoms with Crippen LogP contribution in [0.1, 0.15) is 40.2 Å². The van der Waals surface area contributed by atoms with E-state index in [4.69, 9.17) is 4.74 Å². The highest BCUT2D eigenvalue weighted by molar-refractivity contribution is 5.84. The van der Waals surface area contributed by atoms with E-state index in [0.717, 1.165) is 0 Å². The summed E-state index contributed by atoms with van der Waals surface area (Å²) in [4.78, 5) is 15.9. The number of ether oxygens (including phenoxy) is 1. The molecule has 1 aromatic rings. The maximum atomic E-state index is 11.7. The maximum Gasteiger partial charge on any atom is 0.325 e. The molecule has 128 valence electrons. The van der Waals surface area contributed by atoms with Crippen LogP contribution in [0.3, 0.4) is 0 Å². The van der Waals surface area contributed by atoms with E-state index in [1.807, 2.05) is 39.0 Å². The van der Waals surface area contributed by atoms with Gasteiger partial charge >= 0.3 is 5.97 Å². The molecule has 0 bridgehead atoms. The monoisotopic (exact) mass is 319 g/mol. The van der Waals surface area contributed by atoms with Gasteiger partial charge in [0.1, 0.15) is 12.1 Å². The number of carbonyl (C=O) groups is 1. The largest absolute Gasteiger partial charge is 0.459 e. The van der Waals surface area contributed by atoms with Crippen LogP contribution in [0.2, 0.25) is 0 Å². The molecule has 0 aliphatic carbocycles. The topological polar surface area (TPSA) is 62.7 Å². The van der Waals surface area contributed by atoms with Gasteiger partial charge < -0.3 is 15.4 Å². The van der Waals surface area contributed by atoms with Crippen LogP contribution in [0, 0.1) is 0 Å². The van der Waals surface area contributed by atoms with Crippen LogP contribution in [-0.4, -0.2) is 37.7 Å². The second kappa shape index (κ2) is 7.99. The summed E-state index contributed by atoms with van der Waals surface area (Å²) in [6.07, 6.45) is 0. The first-order valence-electron chi connectivity index (χ1n) is 7.86. The van der Waals surface area contributed by atoms with E-state index >= 15 is 0 Å². The molecule has 0 amide bonds. The molecule has 0 aromatic heterocycles. The maximum absolute atomic E-state index is 11.7. The van der Waals surface area contributed by atoms with Gasteiger partial charge in [-0.1, -0.05) is 44.2 Å². The summed E-state index contributed by atoms with van der Waals surface area (Å²) in [5.74, 6) is 0.280. The summed E-state index contributed by atoms with van der Waals surface area (Å²) < 4.78 is 5.26. The Kier molecular flexibility index (Phi) is 6.61. The molecule has 1 rings (SSSR count). The minimum absolute atomic E-state index is 0.0508. The predicted octanol–water partition coefficient (Wildman–Crippen LogP) is 2.47. The summed E-state index contributed by atoms with van der Waals surface area (Å²) in [5, 5.41) is 6.24. The highest BCUT2D eigenvalue weighted by atomic mass is 16.6. The van der Waals surface area contributed by atoms with E-state index in [0.29, 0.717) is 12.5 Å². The molecule has 1 aromatic carbocycles. The van der Waals surface area contributed by atoms with Crippen molar-refractivity contribution in [3.63, 3.8) is 0 Å². The summed E-state index contributed by atoms with van der Waals surface area (Å²) >= 11 is 0. The molecule has 23 heavy (non-hydrogen) atoms. The summed E-state index contributed by atoms with van der Waals surface area (Å²) in [7, 11) is 1.68. The first-order valence-corrected chi connectivity index (χ1v) is 7.86. The lowest BCUT2D eigenvalue weighted by atomic mass is 9.85. The summed E-state index contributed by atoms with van der Waals surface area (Å²) in [6.45, 7) is 10.7. The number of aliphatic imine (C=N–C) groups is 1. The second-order valence-corrected chi connectivity index (χ2v) is 7.12. The Labute approximate surface area is 139 Å². The third-order valence-corrected chi connectivity index (χ3v) is 3.30. The van der Waals surface area contributed by atoms with Crippen LogP contribution in [0.25, 0.3) is 0 Å². The van der Waals surface area contributed by atoms with Gasteiger partial charge in [0.15, 0.2) is 5.96 Å². The van der Waals surface area contributed by atoms with Crippen LogP contribution in [0.4, 0.5) is 0 Å². The van der Waals surface area contributed by atoms with Crippen molar-refractivity contribution in [2.75, 3.05) is 20.1 Å². The number of benzene rings is 1. The van der Waals surface area contributed by atoms with Crippen LogP contribution in [0.5, 0.6) is 0 Å². The lowest BCUT2D eigenvalue weighted by Gasteiger charge is -2.27.